The molecule has 2 aromatic rings. The van der Waals surface area contributed by atoms with Gasteiger partial charge in [-0.25, -0.2) is 4.98 Å². The normalized spacial score (nSPS) is 13.3. The lowest BCUT2D eigenvalue weighted by Crippen LogP contribution is -2.11. The van der Waals surface area contributed by atoms with E-state index in [1.165, 1.54) is 17.7 Å². The van der Waals surface area contributed by atoms with Crippen LogP contribution in [0.3, 0.4) is 0 Å². The number of rotatable bonds is 3. The molecule has 0 bridgehead atoms. The van der Waals surface area contributed by atoms with Gasteiger partial charge < -0.3 is 15.4 Å². The Bertz CT molecular complexity index is 627. The number of anilines is 3. The quantitative estimate of drug-likeness (QED) is 0.898. The molecule has 0 radical (unpaired) electrons. The number of hydrogen-bond donors (Lipinski definition) is 2. The lowest BCUT2D eigenvalue weighted by molar-refractivity contribution is 0.396. The van der Waals surface area contributed by atoms with E-state index in [4.69, 9.17) is 4.74 Å². The van der Waals surface area contributed by atoms with Gasteiger partial charge in [0.25, 0.3) is 0 Å². The van der Waals surface area contributed by atoms with Crippen LogP contribution in [0.25, 0.3) is 0 Å². The Kier molecular flexibility index (Phi) is 3.41. The summed E-state index contributed by atoms with van der Waals surface area (Å²) in [5, 5.41) is 6.72. The molecule has 2 heterocycles. The fourth-order valence-corrected chi connectivity index (χ4v) is 2.41. The van der Waals surface area contributed by atoms with Crippen LogP contribution in [0.4, 0.5) is 17.2 Å². The number of hydrogen-bond acceptors (Lipinski definition) is 5. The highest BCUT2D eigenvalue weighted by Crippen LogP contribution is 2.27. The first-order valence-electron chi connectivity index (χ1n) is 6.78. The van der Waals surface area contributed by atoms with Gasteiger partial charge in [0.05, 0.1) is 7.11 Å². The minimum absolute atomic E-state index is 0.569. The van der Waals surface area contributed by atoms with E-state index in [-0.39, 0.29) is 0 Å². The molecule has 1 aromatic carbocycles. The Labute approximate surface area is 118 Å². The van der Waals surface area contributed by atoms with Gasteiger partial charge in [-0.05, 0) is 43.5 Å². The monoisotopic (exact) mass is 270 g/mol. The van der Waals surface area contributed by atoms with Gasteiger partial charge >= 0.3 is 0 Å². The first-order chi connectivity index (χ1) is 9.74. The summed E-state index contributed by atoms with van der Waals surface area (Å²) in [7, 11) is 1.61. The van der Waals surface area contributed by atoms with Crippen molar-refractivity contribution in [3.8, 4) is 5.88 Å². The number of nitrogens with zero attached hydrogens (tertiary/aromatic N) is 2. The fraction of sp³-hybridized carbons (Fsp3) is 0.333. The zero-order valence-electron chi connectivity index (χ0n) is 11.7. The van der Waals surface area contributed by atoms with Gasteiger partial charge in [-0.15, -0.1) is 0 Å². The van der Waals surface area contributed by atoms with E-state index in [0.717, 1.165) is 24.5 Å². The summed E-state index contributed by atoms with van der Waals surface area (Å²) < 4.78 is 5.16. The number of aromatic nitrogens is 2. The topological polar surface area (TPSA) is 59.1 Å². The van der Waals surface area contributed by atoms with E-state index in [0.29, 0.717) is 11.7 Å². The Morgan fingerprint density at radius 1 is 1.25 bits per heavy atom. The molecular weight excluding hydrogens is 252 g/mol. The molecule has 5 heteroatoms. The predicted octanol–water partition coefficient (Wildman–Crippen LogP) is 2.90. The van der Waals surface area contributed by atoms with Crippen molar-refractivity contribution < 1.29 is 4.74 Å². The van der Waals surface area contributed by atoms with Crippen LogP contribution in [-0.2, 0) is 6.42 Å². The minimum Gasteiger partial charge on any atom is -0.481 e. The third kappa shape index (κ3) is 2.66. The zero-order chi connectivity index (χ0) is 13.9. The second-order valence-electron chi connectivity index (χ2n) is 4.87. The lowest BCUT2D eigenvalue weighted by Gasteiger charge is -2.19. The van der Waals surface area contributed by atoms with Gasteiger partial charge in [0, 0.05) is 24.0 Å². The first kappa shape index (κ1) is 12.7. The average molecular weight is 270 g/mol. The molecule has 1 aromatic heterocycles. The molecule has 5 nitrogen and oxygen atoms in total. The van der Waals surface area contributed by atoms with Gasteiger partial charge in [-0.1, -0.05) is 0 Å². The van der Waals surface area contributed by atoms with E-state index in [1.54, 1.807) is 13.2 Å². The highest BCUT2D eigenvalue weighted by atomic mass is 16.5. The largest absolute Gasteiger partial charge is 0.481 e. The summed E-state index contributed by atoms with van der Waals surface area (Å²) in [6.07, 6.45) is 2.29. The molecule has 2 N–H and O–H groups in total. The van der Waals surface area contributed by atoms with Crippen molar-refractivity contribution in [3.05, 3.63) is 35.7 Å². The third-order valence-electron chi connectivity index (χ3n) is 3.34. The molecule has 0 amide bonds. The van der Waals surface area contributed by atoms with Crippen LogP contribution in [0.1, 0.15) is 17.8 Å². The van der Waals surface area contributed by atoms with Gasteiger partial charge in [-0.3, -0.25) is 0 Å². The molecule has 0 saturated heterocycles. The van der Waals surface area contributed by atoms with Gasteiger partial charge in [0.15, 0.2) is 0 Å². The SMILES string of the molecule is COc1cc(Nc2ccc3c(c2)CCCN3)nc(C)n1. The van der Waals surface area contributed by atoms with E-state index in [2.05, 4.69) is 38.8 Å². The maximum Gasteiger partial charge on any atom is 0.218 e. The van der Waals surface area contributed by atoms with Crippen LogP contribution in [0.5, 0.6) is 5.88 Å². The molecular formula is C15H18N4O. The molecule has 104 valence electrons. The molecule has 0 aliphatic carbocycles. The number of fused-ring (bicyclic) bond motifs is 1. The highest BCUT2D eigenvalue weighted by Gasteiger charge is 2.09. The predicted molar refractivity (Wildman–Crippen MR) is 79.9 cm³/mol. The van der Waals surface area contributed by atoms with Crippen LogP contribution in [0.15, 0.2) is 24.3 Å². The molecule has 0 atom stereocenters. The number of benzene rings is 1. The number of methoxy groups -OCH3 is 1. The smallest absolute Gasteiger partial charge is 0.218 e. The van der Waals surface area contributed by atoms with Crippen LogP contribution < -0.4 is 15.4 Å². The lowest BCUT2D eigenvalue weighted by atomic mass is 10.0. The second-order valence-corrected chi connectivity index (χ2v) is 4.87. The summed E-state index contributed by atoms with van der Waals surface area (Å²) in [5.74, 6) is 2.00. The van der Waals surface area contributed by atoms with Crippen molar-refractivity contribution in [3.63, 3.8) is 0 Å². The van der Waals surface area contributed by atoms with Crippen molar-refractivity contribution in [2.75, 3.05) is 24.3 Å². The van der Waals surface area contributed by atoms with Crippen LogP contribution in [0.2, 0.25) is 0 Å². The maximum atomic E-state index is 5.16. The summed E-state index contributed by atoms with van der Waals surface area (Å²) in [6, 6.07) is 8.14. The van der Waals surface area contributed by atoms with Gasteiger partial charge in [-0.2, -0.15) is 4.98 Å². The van der Waals surface area contributed by atoms with Crippen molar-refractivity contribution in [1.29, 1.82) is 0 Å². The Morgan fingerprint density at radius 2 is 2.15 bits per heavy atom. The molecule has 0 fully saturated rings. The zero-order valence-corrected chi connectivity index (χ0v) is 11.7. The summed E-state index contributed by atoms with van der Waals surface area (Å²) in [6.45, 7) is 2.91. The number of aryl methyl sites for hydroxylation is 2. The fourth-order valence-electron chi connectivity index (χ4n) is 2.41. The molecule has 20 heavy (non-hydrogen) atoms. The molecule has 3 rings (SSSR count). The third-order valence-corrected chi connectivity index (χ3v) is 3.34. The van der Waals surface area contributed by atoms with Gasteiger partial charge in [0.1, 0.15) is 11.6 Å². The van der Waals surface area contributed by atoms with Crippen molar-refractivity contribution in [2.24, 2.45) is 0 Å². The highest BCUT2D eigenvalue weighted by molar-refractivity contribution is 5.65. The number of ether oxygens (including phenoxy) is 1. The van der Waals surface area contributed by atoms with E-state index < -0.39 is 0 Å². The number of nitrogens with one attached hydrogen (secondary N) is 2. The Hall–Kier alpha value is -2.30. The maximum absolute atomic E-state index is 5.16. The Balaban J connectivity index is 1.85. The van der Waals surface area contributed by atoms with Crippen molar-refractivity contribution >= 4 is 17.2 Å². The van der Waals surface area contributed by atoms with Crippen LogP contribution >= 0.6 is 0 Å². The van der Waals surface area contributed by atoms with E-state index >= 15 is 0 Å². The minimum atomic E-state index is 0.569. The average Bonchev–Trinajstić information content (AvgIpc) is 2.46. The summed E-state index contributed by atoms with van der Waals surface area (Å²) >= 11 is 0. The molecule has 1 aliphatic heterocycles. The van der Waals surface area contributed by atoms with Crippen molar-refractivity contribution in [2.45, 2.75) is 19.8 Å². The standard InChI is InChI=1S/C15H18N4O/c1-10-17-14(9-15(18-10)20-2)19-12-5-6-13-11(8-12)4-3-7-16-13/h5-6,8-9,16H,3-4,7H2,1-2H3,(H,17,18,19). The molecule has 1 aliphatic rings. The molecule has 0 saturated carbocycles. The Morgan fingerprint density at radius 3 is 3.00 bits per heavy atom. The van der Waals surface area contributed by atoms with E-state index in [9.17, 15) is 0 Å². The van der Waals surface area contributed by atoms with Crippen LogP contribution in [-0.4, -0.2) is 23.6 Å². The van der Waals surface area contributed by atoms with Crippen LogP contribution in [0, 0.1) is 6.92 Å². The summed E-state index contributed by atoms with van der Waals surface area (Å²) in [4.78, 5) is 8.55. The summed E-state index contributed by atoms with van der Waals surface area (Å²) in [5.41, 5.74) is 3.62. The van der Waals surface area contributed by atoms with E-state index in [1.807, 2.05) is 6.92 Å². The second kappa shape index (κ2) is 5.36. The van der Waals surface area contributed by atoms with Gasteiger partial charge in [0.2, 0.25) is 5.88 Å². The molecule has 0 spiro atoms. The first-order valence-corrected chi connectivity index (χ1v) is 6.78. The van der Waals surface area contributed by atoms with Crippen molar-refractivity contribution in [1.82, 2.24) is 9.97 Å². The molecule has 0 unspecified atom stereocenters.